The van der Waals surface area contributed by atoms with Crippen LogP contribution >= 0.6 is 11.6 Å². The van der Waals surface area contributed by atoms with Gasteiger partial charge in [0.25, 0.3) is 0 Å². The first-order chi connectivity index (χ1) is 6.09. The van der Waals surface area contributed by atoms with Gasteiger partial charge in [-0.15, -0.1) is 0 Å². The van der Waals surface area contributed by atoms with Crippen molar-refractivity contribution in [2.75, 3.05) is 0 Å². The number of carbonyl (C=O) groups is 1. The Morgan fingerprint density at radius 1 is 1.54 bits per heavy atom. The number of rotatable bonds is 0. The highest BCUT2D eigenvalue weighted by Crippen LogP contribution is 2.30. The molecule has 13 heavy (non-hydrogen) atoms. The fourth-order valence-electron chi connectivity index (χ4n) is 1.67. The first kappa shape index (κ1) is 8.70. The lowest BCUT2D eigenvalue weighted by atomic mass is 10.1. The minimum absolute atomic E-state index is 0.0289. The number of carbonyl (C=O) groups excluding carboxylic acids is 1. The molecule has 1 aromatic rings. The zero-order chi connectivity index (χ0) is 9.59. The lowest BCUT2D eigenvalue weighted by molar-refractivity contribution is 0.0946. The second-order valence-electron chi connectivity index (χ2n) is 3.39. The number of halogens is 2. The normalized spacial score (nSPS) is 20.5. The first-order valence-corrected chi connectivity index (χ1v) is 4.49. The predicted octanol–water partition coefficient (Wildman–Crippen LogP) is 2.85. The highest BCUT2D eigenvalue weighted by molar-refractivity contribution is 6.31. The van der Waals surface area contributed by atoms with E-state index in [0.29, 0.717) is 12.0 Å². The van der Waals surface area contributed by atoms with E-state index in [2.05, 4.69) is 0 Å². The minimum atomic E-state index is -0.442. The van der Waals surface area contributed by atoms with Crippen LogP contribution in [-0.4, -0.2) is 5.78 Å². The standard InChI is InChI=1S/C10H8ClFO/c1-5-2-6-3-9(12)8(11)4-7(6)10(5)13/h3-5H,2H2,1H3. The van der Waals surface area contributed by atoms with Crippen molar-refractivity contribution in [1.29, 1.82) is 0 Å². The van der Waals surface area contributed by atoms with Crippen molar-refractivity contribution in [3.05, 3.63) is 34.1 Å². The van der Waals surface area contributed by atoms with Gasteiger partial charge in [-0.05, 0) is 24.1 Å². The Bertz CT molecular complexity index is 387. The average Bonchev–Trinajstić information content (AvgIpc) is 2.32. The van der Waals surface area contributed by atoms with Crippen LogP contribution in [-0.2, 0) is 6.42 Å². The van der Waals surface area contributed by atoms with Crippen LogP contribution in [0.15, 0.2) is 12.1 Å². The van der Waals surface area contributed by atoms with Crippen LogP contribution in [0.25, 0.3) is 0 Å². The second-order valence-corrected chi connectivity index (χ2v) is 3.80. The molecule has 0 bridgehead atoms. The maximum Gasteiger partial charge on any atom is 0.166 e. The zero-order valence-electron chi connectivity index (χ0n) is 7.10. The Labute approximate surface area is 80.5 Å². The Morgan fingerprint density at radius 3 is 2.92 bits per heavy atom. The molecule has 0 aliphatic heterocycles. The average molecular weight is 199 g/mol. The van der Waals surface area contributed by atoms with Gasteiger partial charge in [0.15, 0.2) is 5.78 Å². The fraction of sp³-hybridized carbons (Fsp3) is 0.300. The van der Waals surface area contributed by atoms with E-state index in [1.165, 1.54) is 12.1 Å². The van der Waals surface area contributed by atoms with Gasteiger partial charge in [0.2, 0.25) is 0 Å². The number of fused-ring (bicyclic) bond motifs is 1. The van der Waals surface area contributed by atoms with Crippen molar-refractivity contribution in [3.63, 3.8) is 0 Å². The molecule has 1 aliphatic rings. The molecular formula is C10H8ClFO. The van der Waals surface area contributed by atoms with E-state index in [-0.39, 0.29) is 16.7 Å². The lowest BCUT2D eigenvalue weighted by Crippen LogP contribution is -2.02. The van der Waals surface area contributed by atoms with Gasteiger partial charge >= 0.3 is 0 Å². The summed E-state index contributed by atoms with van der Waals surface area (Å²) in [5, 5.41) is 0.0289. The van der Waals surface area contributed by atoms with Crippen LogP contribution in [0.1, 0.15) is 22.8 Å². The molecule has 3 heteroatoms. The SMILES string of the molecule is CC1Cc2cc(F)c(Cl)cc2C1=O. The zero-order valence-corrected chi connectivity index (χ0v) is 7.86. The summed E-state index contributed by atoms with van der Waals surface area (Å²) in [6.45, 7) is 1.84. The summed E-state index contributed by atoms with van der Waals surface area (Å²) in [4.78, 5) is 11.5. The largest absolute Gasteiger partial charge is 0.294 e. The van der Waals surface area contributed by atoms with E-state index in [1.54, 1.807) is 0 Å². The third-order valence-electron chi connectivity index (χ3n) is 2.39. The maximum atomic E-state index is 13.0. The number of hydrogen-bond acceptors (Lipinski definition) is 1. The molecule has 0 spiro atoms. The molecule has 68 valence electrons. The number of Topliss-reactive ketones (excluding diaryl/α,β-unsaturated/α-hetero) is 1. The van der Waals surface area contributed by atoms with Crippen molar-refractivity contribution in [2.45, 2.75) is 13.3 Å². The van der Waals surface area contributed by atoms with Gasteiger partial charge in [0.1, 0.15) is 5.82 Å². The Kier molecular flexibility index (Phi) is 1.88. The van der Waals surface area contributed by atoms with Gasteiger partial charge in [-0.25, -0.2) is 4.39 Å². The maximum absolute atomic E-state index is 13.0. The molecule has 0 saturated heterocycles. The third kappa shape index (κ3) is 1.25. The van der Waals surface area contributed by atoms with Crippen molar-refractivity contribution >= 4 is 17.4 Å². The van der Waals surface area contributed by atoms with Gasteiger partial charge in [0.05, 0.1) is 5.02 Å². The van der Waals surface area contributed by atoms with Crippen molar-refractivity contribution < 1.29 is 9.18 Å². The third-order valence-corrected chi connectivity index (χ3v) is 2.67. The Balaban J connectivity index is 2.59. The van der Waals surface area contributed by atoms with Crippen LogP contribution in [0.2, 0.25) is 5.02 Å². The van der Waals surface area contributed by atoms with Crippen LogP contribution in [0.5, 0.6) is 0 Å². The van der Waals surface area contributed by atoms with E-state index in [4.69, 9.17) is 11.6 Å². The molecule has 2 rings (SSSR count). The molecule has 0 radical (unpaired) electrons. The van der Waals surface area contributed by atoms with Crippen molar-refractivity contribution in [2.24, 2.45) is 5.92 Å². The molecule has 1 aliphatic carbocycles. The smallest absolute Gasteiger partial charge is 0.166 e. The van der Waals surface area contributed by atoms with Crippen LogP contribution in [0, 0.1) is 11.7 Å². The number of hydrogen-bond donors (Lipinski definition) is 0. The summed E-state index contributed by atoms with van der Waals surface area (Å²) in [7, 11) is 0. The number of benzene rings is 1. The van der Waals surface area contributed by atoms with Crippen LogP contribution in [0.4, 0.5) is 4.39 Å². The van der Waals surface area contributed by atoms with Gasteiger partial charge in [-0.1, -0.05) is 18.5 Å². The molecule has 1 aromatic carbocycles. The van der Waals surface area contributed by atoms with Crippen LogP contribution < -0.4 is 0 Å². The first-order valence-electron chi connectivity index (χ1n) is 4.11. The fourth-order valence-corrected chi connectivity index (χ4v) is 1.84. The predicted molar refractivity (Wildman–Crippen MR) is 48.6 cm³/mol. The Morgan fingerprint density at radius 2 is 2.23 bits per heavy atom. The molecule has 1 nitrogen and oxygen atoms in total. The molecule has 0 fully saturated rings. The molecular weight excluding hydrogens is 191 g/mol. The van der Waals surface area contributed by atoms with E-state index in [1.807, 2.05) is 6.92 Å². The molecule has 0 heterocycles. The summed E-state index contributed by atoms with van der Waals surface area (Å²) in [5.74, 6) is -0.410. The summed E-state index contributed by atoms with van der Waals surface area (Å²) in [6, 6.07) is 2.79. The molecule has 0 amide bonds. The summed E-state index contributed by atoms with van der Waals surface area (Å²) < 4.78 is 13.0. The lowest BCUT2D eigenvalue weighted by Gasteiger charge is -1.98. The molecule has 0 aromatic heterocycles. The molecule has 0 N–H and O–H groups in total. The highest BCUT2D eigenvalue weighted by Gasteiger charge is 2.27. The topological polar surface area (TPSA) is 17.1 Å². The summed E-state index contributed by atoms with van der Waals surface area (Å²) >= 11 is 5.58. The second kappa shape index (κ2) is 2.81. The minimum Gasteiger partial charge on any atom is -0.294 e. The van der Waals surface area contributed by atoms with Crippen LogP contribution in [0.3, 0.4) is 0 Å². The summed E-state index contributed by atoms with van der Waals surface area (Å²) in [5.41, 5.74) is 1.36. The molecule has 1 atom stereocenters. The van der Waals surface area contributed by atoms with E-state index >= 15 is 0 Å². The van der Waals surface area contributed by atoms with E-state index < -0.39 is 5.82 Å². The molecule has 1 unspecified atom stereocenters. The summed E-state index contributed by atoms with van der Waals surface area (Å²) in [6.07, 6.45) is 0.627. The van der Waals surface area contributed by atoms with E-state index in [0.717, 1.165) is 5.56 Å². The highest BCUT2D eigenvalue weighted by atomic mass is 35.5. The van der Waals surface area contributed by atoms with Gasteiger partial charge in [-0.3, -0.25) is 4.79 Å². The monoisotopic (exact) mass is 198 g/mol. The van der Waals surface area contributed by atoms with Crippen molar-refractivity contribution in [1.82, 2.24) is 0 Å². The van der Waals surface area contributed by atoms with Gasteiger partial charge < -0.3 is 0 Å². The van der Waals surface area contributed by atoms with Crippen molar-refractivity contribution in [3.8, 4) is 0 Å². The quantitative estimate of drug-likeness (QED) is 0.627. The number of ketones is 1. The molecule has 0 saturated carbocycles. The van der Waals surface area contributed by atoms with Gasteiger partial charge in [-0.2, -0.15) is 0 Å². The van der Waals surface area contributed by atoms with Gasteiger partial charge in [0, 0.05) is 11.5 Å². The van der Waals surface area contributed by atoms with E-state index in [9.17, 15) is 9.18 Å². The Hall–Kier alpha value is -0.890.